The maximum absolute atomic E-state index is 12.4. The van der Waals surface area contributed by atoms with Gasteiger partial charge in [0.25, 0.3) is 11.5 Å². The van der Waals surface area contributed by atoms with Crippen LogP contribution in [-0.2, 0) is 13.1 Å². The summed E-state index contributed by atoms with van der Waals surface area (Å²) in [5.41, 5.74) is 0.800. The molecule has 8 heteroatoms. The van der Waals surface area contributed by atoms with Gasteiger partial charge in [-0.1, -0.05) is 13.8 Å². The molecule has 0 aromatic carbocycles. The van der Waals surface area contributed by atoms with E-state index < -0.39 is 5.56 Å². The molecule has 1 amide bonds. The molecule has 120 valence electrons. The predicted molar refractivity (Wildman–Crippen MR) is 87.6 cm³/mol. The SMILES string of the molecule is CC(C)Cn1cncc1CNC(=O)c1cc(=O)nc2sccn12. The van der Waals surface area contributed by atoms with E-state index in [-0.39, 0.29) is 11.6 Å². The van der Waals surface area contributed by atoms with E-state index in [9.17, 15) is 9.59 Å². The molecule has 0 spiro atoms. The lowest BCUT2D eigenvalue weighted by molar-refractivity contribution is 0.0943. The van der Waals surface area contributed by atoms with Crippen molar-refractivity contribution in [2.45, 2.75) is 26.9 Å². The van der Waals surface area contributed by atoms with Gasteiger partial charge in [-0.2, -0.15) is 4.98 Å². The van der Waals surface area contributed by atoms with Gasteiger partial charge in [0.05, 0.1) is 18.6 Å². The summed E-state index contributed by atoms with van der Waals surface area (Å²) in [5.74, 6) is 0.179. The number of rotatable bonds is 5. The van der Waals surface area contributed by atoms with Crippen LogP contribution in [0, 0.1) is 5.92 Å². The summed E-state index contributed by atoms with van der Waals surface area (Å²) in [6.45, 7) is 5.45. The Kier molecular flexibility index (Phi) is 4.24. The zero-order valence-corrected chi connectivity index (χ0v) is 13.7. The predicted octanol–water partition coefficient (Wildman–Crippen LogP) is 1.54. The van der Waals surface area contributed by atoms with Crippen molar-refractivity contribution in [1.29, 1.82) is 0 Å². The van der Waals surface area contributed by atoms with Crippen molar-refractivity contribution < 1.29 is 4.79 Å². The second-order valence-corrected chi connectivity index (χ2v) is 6.52. The zero-order valence-electron chi connectivity index (χ0n) is 12.9. The standard InChI is InChI=1S/C15H17N5O2S/c1-10(2)8-19-9-16-6-11(19)7-17-14(22)12-5-13(21)18-15-20(12)3-4-23-15/h3-6,9-10H,7-8H2,1-2H3,(H,17,22). The highest BCUT2D eigenvalue weighted by Crippen LogP contribution is 2.10. The number of imidazole rings is 1. The van der Waals surface area contributed by atoms with Gasteiger partial charge in [0.1, 0.15) is 5.69 Å². The van der Waals surface area contributed by atoms with Crippen molar-refractivity contribution in [3.8, 4) is 0 Å². The third-order valence-electron chi connectivity index (χ3n) is 3.34. The highest BCUT2D eigenvalue weighted by molar-refractivity contribution is 7.15. The average molecular weight is 331 g/mol. The minimum absolute atomic E-state index is 0.288. The molecule has 0 atom stereocenters. The van der Waals surface area contributed by atoms with E-state index in [0.717, 1.165) is 12.2 Å². The van der Waals surface area contributed by atoms with Crippen molar-refractivity contribution in [1.82, 2.24) is 24.3 Å². The van der Waals surface area contributed by atoms with Crippen LogP contribution in [0.5, 0.6) is 0 Å². The molecule has 7 nitrogen and oxygen atoms in total. The van der Waals surface area contributed by atoms with Crippen LogP contribution in [0.15, 0.2) is 35.0 Å². The number of nitrogens with zero attached hydrogens (tertiary/aromatic N) is 4. The Hall–Kier alpha value is -2.48. The van der Waals surface area contributed by atoms with Crippen LogP contribution in [0.4, 0.5) is 0 Å². The molecule has 3 aromatic heterocycles. The molecular weight excluding hydrogens is 314 g/mol. The number of carbonyl (C=O) groups is 1. The summed E-state index contributed by atoms with van der Waals surface area (Å²) in [6.07, 6.45) is 5.22. The van der Waals surface area contributed by atoms with E-state index in [4.69, 9.17) is 0 Å². The first-order valence-electron chi connectivity index (χ1n) is 7.28. The van der Waals surface area contributed by atoms with Crippen LogP contribution >= 0.6 is 11.3 Å². The third kappa shape index (κ3) is 3.31. The van der Waals surface area contributed by atoms with Gasteiger partial charge in [-0.3, -0.25) is 14.0 Å². The van der Waals surface area contributed by atoms with Crippen LogP contribution in [0.3, 0.4) is 0 Å². The molecule has 1 N–H and O–H groups in total. The first-order chi connectivity index (χ1) is 11.0. The maximum Gasteiger partial charge on any atom is 0.274 e. The molecular formula is C15H17N5O2S. The molecule has 0 aliphatic rings. The number of carbonyl (C=O) groups excluding carboxylic acids is 1. The quantitative estimate of drug-likeness (QED) is 0.769. The van der Waals surface area contributed by atoms with Crippen LogP contribution in [0.2, 0.25) is 0 Å². The van der Waals surface area contributed by atoms with Crippen molar-refractivity contribution in [3.05, 3.63) is 51.9 Å². The van der Waals surface area contributed by atoms with Gasteiger partial charge in [-0.05, 0) is 5.92 Å². The van der Waals surface area contributed by atoms with E-state index in [1.807, 2.05) is 4.57 Å². The number of fused-ring (bicyclic) bond motifs is 1. The fraction of sp³-hybridized carbons (Fsp3) is 0.333. The summed E-state index contributed by atoms with van der Waals surface area (Å²) < 4.78 is 3.64. The minimum Gasteiger partial charge on any atom is -0.345 e. The first-order valence-corrected chi connectivity index (χ1v) is 8.16. The van der Waals surface area contributed by atoms with Gasteiger partial charge in [-0.25, -0.2) is 4.98 Å². The molecule has 0 saturated heterocycles. The number of thiazole rings is 1. The summed E-state index contributed by atoms with van der Waals surface area (Å²) in [7, 11) is 0. The van der Waals surface area contributed by atoms with Crippen LogP contribution in [0.1, 0.15) is 30.0 Å². The van der Waals surface area contributed by atoms with Crippen molar-refractivity contribution in [2.75, 3.05) is 0 Å². The molecule has 0 unspecified atom stereocenters. The molecule has 3 heterocycles. The fourth-order valence-electron chi connectivity index (χ4n) is 2.34. The van der Waals surface area contributed by atoms with E-state index in [1.165, 1.54) is 17.4 Å². The Balaban J connectivity index is 1.78. The zero-order chi connectivity index (χ0) is 16.4. The summed E-state index contributed by atoms with van der Waals surface area (Å²) in [6, 6.07) is 1.25. The third-order valence-corrected chi connectivity index (χ3v) is 4.09. The van der Waals surface area contributed by atoms with Gasteiger partial charge in [-0.15, -0.1) is 11.3 Å². The molecule has 0 saturated carbocycles. The van der Waals surface area contributed by atoms with E-state index in [0.29, 0.717) is 17.4 Å². The van der Waals surface area contributed by atoms with Crippen molar-refractivity contribution in [3.63, 3.8) is 0 Å². The Bertz CT molecular complexity index is 893. The molecule has 0 radical (unpaired) electrons. The van der Waals surface area contributed by atoms with E-state index >= 15 is 0 Å². The van der Waals surface area contributed by atoms with Crippen LogP contribution in [0.25, 0.3) is 4.96 Å². The van der Waals surface area contributed by atoms with Gasteiger partial charge >= 0.3 is 0 Å². The topological polar surface area (TPSA) is 81.3 Å². The lowest BCUT2D eigenvalue weighted by Gasteiger charge is -2.11. The monoisotopic (exact) mass is 331 g/mol. The Morgan fingerprint density at radius 1 is 1.43 bits per heavy atom. The molecule has 23 heavy (non-hydrogen) atoms. The number of nitrogens with one attached hydrogen (secondary N) is 1. The highest BCUT2D eigenvalue weighted by atomic mass is 32.1. The minimum atomic E-state index is -0.414. The lowest BCUT2D eigenvalue weighted by Crippen LogP contribution is -2.28. The maximum atomic E-state index is 12.4. The molecule has 0 fully saturated rings. The summed E-state index contributed by atoms with van der Waals surface area (Å²) >= 11 is 1.32. The largest absolute Gasteiger partial charge is 0.345 e. The summed E-state index contributed by atoms with van der Waals surface area (Å²) in [4.78, 5) is 32.5. The first kappa shape index (κ1) is 15.4. The van der Waals surface area contributed by atoms with Gasteiger partial charge in [0, 0.05) is 30.4 Å². The Morgan fingerprint density at radius 2 is 2.26 bits per heavy atom. The van der Waals surface area contributed by atoms with Crippen molar-refractivity contribution in [2.24, 2.45) is 5.92 Å². The molecule has 3 aromatic rings. The van der Waals surface area contributed by atoms with Gasteiger partial charge in [0.15, 0.2) is 4.96 Å². The number of aromatic nitrogens is 4. The number of amides is 1. The van der Waals surface area contributed by atoms with Crippen LogP contribution in [-0.4, -0.2) is 24.8 Å². The van der Waals surface area contributed by atoms with E-state index in [1.54, 1.807) is 28.5 Å². The molecule has 0 bridgehead atoms. The lowest BCUT2D eigenvalue weighted by atomic mass is 10.2. The highest BCUT2D eigenvalue weighted by Gasteiger charge is 2.13. The second kappa shape index (κ2) is 6.33. The molecule has 0 aliphatic heterocycles. The fourth-order valence-corrected chi connectivity index (χ4v) is 3.06. The van der Waals surface area contributed by atoms with Crippen LogP contribution < -0.4 is 10.9 Å². The smallest absolute Gasteiger partial charge is 0.274 e. The van der Waals surface area contributed by atoms with Gasteiger partial charge in [0.2, 0.25) is 0 Å². The average Bonchev–Trinajstić information content (AvgIpc) is 3.12. The van der Waals surface area contributed by atoms with Gasteiger partial charge < -0.3 is 9.88 Å². The number of hydrogen-bond donors (Lipinski definition) is 1. The Labute approximate surface area is 136 Å². The Morgan fingerprint density at radius 3 is 3.04 bits per heavy atom. The molecule has 0 aliphatic carbocycles. The number of hydrogen-bond acceptors (Lipinski definition) is 5. The van der Waals surface area contributed by atoms with E-state index in [2.05, 4.69) is 29.1 Å². The molecule has 3 rings (SSSR count). The summed E-state index contributed by atoms with van der Waals surface area (Å²) in [5, 5.41) is 4.63. The second-order valence-electron chi connectivity index (χ2n) is 5.65. The van der Waals surface area contributed by atoms with Crippen molar-refractivity contribution >= 4 is 22.2 Å². The normalized spacial score (nSPS) is 11.3.